The summed E-state index contributed by atoms with van der Waals surface area (Å²) in [5.74, 6) is 0.760. The summed E-state index contributed by atoms with van der Waals surface area (Å²) in [5, 5.41) is 11.0. The molecule has 0 aliphatic carbocycles. The highest BCUT2D eigenvalue weighted by molar-refractivity contribution is 5.93. The van der Waals surface area contributed by atoms with E-state index in [1.807, 2.05) is 38.8 Å². The number of carbonyl (C=O) groups is 1. The van der Waals surface area contributed by atoms with Crippen LogP contribution < -0.4 is 5.32 Å². The highest BCUT2D eigenvalue weighted by Crippen LogP contribution is 2.36. The molecule has 0 saturated carbocycles. The Bertz CT molecular complexity index is 785. The third-order valence-corrected chi connectivity index (χ3v) is 5.77. The first-order chi connectivity index (χ1) is 13.4. The van der Waals surface area contributed by atoms with Gasteiger partial charge < -0.3 is 4.52 Å². The number of hydrogen-bond acceptors (Lipinski definition) is 6. The third-order valence-electron chi connectivity index (χ3n) is 5.77. The van der Waals surface area contributed by atoms with Crippen molar-refractivity contribution in [3.8, 4) is 0 Å². The Balaban J connectivity index is 1.67. The van der Waals surface area contributed by atoms with Gasteiger partial charge in [0.2, 0.25) is 11.8 Å². The second-order valence-electron chi connectivity index (χ2n) is 7.86. The predicted octanol–water partition coefficient (Wildman–Crippen LogP) is 2.45. The van der Waals surface area contributed by atoms with Crippen LogP contribution in [0.4, 0.5) is 5.88 Å². The molecule has 28 heavy (non-hydrogen) atoms. The van der Waals surface area contributed by atoms with Crippen LogP contribution in [0.1, 0.15) is 44.0 Å². The molecule has 2 aromatic rings. The number of anilines is 1. The van der Waals surface area contributed by atoms with Crippen molar-refractivity contribution in [2.24, 2.45) is 13.0 Å². The van der Waals surface area contributed by atoms with E-state index in [0.29, 0.717) is 17.8 Å². The Morgan fingerprint density at radius 3 is 2.89 bits per heavy atom. The molecule has 3 heterocycles. The summed E-state index contributed by atoms with van der Waals surface area (Å²) in [7, 11) is 3.97. The number of nitrogens with one attached hydrogen (secondary N) is 1. The van der Waals surface area contributed by atoms with E-state index in [1.54, 1.807) is 6.07 Å². The molecular formula is C20H32N6O2. The van der Waals surface area contributed by atoms with Crippen molar-refractivity contribution in [3.05, 3.63) is 29.7 Å². The maximum absolute atomic E-state index is 12.6. The van der Waals surface area contributed by atoms with Crippen LogP contribution in [-0.2, 0) is 11.8 Å². The van der Waals surface area contributed by atoms with Crippen LogP contribution >= 0.6 is 0 Å². The zero-order valence-corrected chi connectivity index (χ0v) is 17.6. The fourth-order valence-corrected chi connectivity index (χ4v) is 4.15. The molecule has 0 unspecified atom stereocenters. The number of likely N-dealkylation sites (N-methyl/N-ethyl adjacent to an activating group) is 1. The fraction of sp³-hybridized carbons (Fsp3) is 0.650. The van der Waals surface area contributed by atoms with Gasteiger partial charge in [0.25, 0.3) is 0 Å². The van der Waals surface area contributed by atoms with Crippen molar-refractivity contribution in [1.82, 2.24) is 24.7 Å². The average molecular weight is 389 g/mol. The normalized spacial score (nSPS) is 21.8. The van der Waals surface area contributed by atoms with Crippen molar-refractivity contribution < 1.29 is 9.32 Å². The molecule has 1 amide bonds. The van der Waals surface area contributed by atoms with Gasteiger partial charge in [-0.15, -0.1) is 0 Å². The highest BCUT2D eigenvalue weighted by Gasteiger charge is 2.34. The summed E-state index contributed by atoms with van der Waals surface area (Å²) in [6, 6.07) is 1.79. The van der Waals surface area contributed by atoms with E-state index in [1.165, 1.54) is 12.0 Å². The van der Waals surface area contributed by atoms with Crippen molar-refractivity contribution in [1.29, 1.82) is 0 Å². The van der Waals surface area contributed by atoms with Crippen LogP contribution in [-0.4, -0.2) is 63.4 Å². The molecule has 1 aliphatic heterocycles. The molecule has 0 radical (unpaired) electrons. The Morgan fingerprint density at radius 1 is 1.50 bits per heavy atom. The molecule has 8 nitrogen and oxygen atoms in total. The molecular weight excluding hydrogens is 356 g/mol. The fourth-order valence-electron chi connectivity index (χ4n) is 4.15. The lowest BCUT2D eigenvalue weighted by atomic mass is 9.85. The van der Waals surface area contributed by atoms with Crippen LogP contribution in [0.3, 0.4) is 0 Å². The van der Waals surface area contributed by atoms with Gasteiger partial charge in [-0.3, -0.25) is 24.6 Å². The Labute approximate surface area is 166 Å². The monoisotopic (exact) mass is 388 g/mol. The average Bonchev–Trinajstić information content (AvgIpc) is 3.28. The summed E-state index contributed by atoms with van der Waals surface area (Å²) in [6.07, 6.45) is 6.43. The first-order valence-corrected chi connectivity index (χ1v) is 10.1. The van der Waals surface area contributed by atoms with E-state index in [0.717, 1.165) is 31.7 Å². The van der Waals surface area contributed by atoms with Crippen LogP contribution in [0.2, 0.25) is 0 Å². The van der Waals surface area contributed by atoms with E-state index in [9.17, 15) is 4.79 Å². The molecule has 3 atom stereocenters. The van der Waals surface area contributed by atoms with E-state index in [4.69, 9.17) is 4.52 Å². The van der Waals surface area contributed by atoms with Crippen LogP contribution in [0, 0.1) is 12.8 Å². The zero-order valence-electron chi connectivity index (χ0n) is 17.6. The number of amides is 1. The van der Waals surface area contributed by atoms with E-state index < -0.39 is 0 Å². The number of aryl methyl sites for hydroxylation is 2. The van der Waals surface area contributed by atoms with Crippen molar-refractivity contribution in [2.45, 2.75) is 45.7 Å². The summed E-state index contributed by atoms with van der Waals surface area (Å²) in [6.45, 7) is 8.94. The highest BCUT2D eigenvalue weighted by atomic mass is 16.5. The minimum Gasteiger partial charge on any atom is -0.338 e. The summed E-state index contributed by atoms with van der Waals surface area (Å²) < 4.78 is 6.97. The maximum atomic E-state index is 12.6. The van der Waals surface area contributed by atoms with Gasteiger partial charge in [-0.05, 0) is 52.7 Å². The molecule has 8 heteroatoms. The molecule has 0 bridgehead atoms. The Kier molecular flexibility index (Phi) is 6.51. The minimum absolute atomic E-state index is 0.0836. The molecule has 1 saturated heterocycles. The number of piperidine rings is 1. The van der Waals surface area contributed by atoms with Crippen molar-refractivity contribution in [2.75, 3.05) is 32.0 Å². The Morgan fingerprint density at radius 2 is 2.29 bits per heavy atom. The van der Waals surface area contributed by atoms with E-state index in [2.05, 4.69) is 38.5 Å². The van der Waals surface area contributed by atoms with Gasteiger partial charge in [-0.2, -0.15) is 5.10 Å². The minimum atomic E-state index is -0.267. The summed E-state index contributed by atoms with van der Waals surface area (Å²) in [4.78, 5) is 17.3. The molecule has 3 rings (SSSR count). The van der Waals surface area contributed by atoms with Crippen molar-refractivity contribution in [3.63, 3.8) is 0 Å². The zero-order chi connectivity index (χ0) is 20.3. The number of aromatic nitrogens is 3. The van der Waals surface area contributed by atoms with Gasteiger partial charge in [0.1, 0.15) is 0 Å². The lowest BCUT2D eigenvalue weighted by molar-refractivity contribution is -0.120. The van der Waals surface area contributed by atoms with E-state index in [-0.39, 0.29) is 11.9 Å². The van der Waals surface area contributed by atoms with E-state index >= 15 is 0 Å². The second kappa shape index (κ2) is 8.87. The number of hydrogen-bond donors (Lipinski definition) is 1. The first kappa shape index (κ1) is 20.5. The van der Waals surface area contributed by atoms with Gasteiger partial charge in [-0.1, -0.05) is 12.1 Å². The molecule has 1 fully saturated rings. The lowest BCUT2D eigenvalue weighted by Gasteiger charge is -2.42. The Hall–Kier alpha value is -2.19. The number of rotatable bonds is 7. The maximum Gasteiger partial charge on any atom is 0.243 e. The van der Waals surface area contributed by atoms with Gasteiger partial charge in [0.05, 0.1) is 17.9 Å². The topological polar surface area (TPSA) is 79.4 Å². The van der Waals surface area contributed by atoms with Crippen LogP contribution in [0.5, 0.6) is 0 Å². The number of nitrogens with zero attached hydrogens (tertiary/aromatic N) is 5. The molecule has 1 aliphatic rings. The molecule has 0 spiro atoms. The molecule has 154 valence electrons. The number of likely N-dealkylation sites (tertiary alicyclic amines) is 1. The SMILES string of the molecule is CCN1CCC[C@@H](CN(C)[C@@H](C)C(=O)Nc2cc(C)no2)[C@@H]1c1cnn(C)c1. The summed E-state index contributed by atoms with van der Waals surface area (Å²) >= 11 is 0. The first-order valence-electron chi connectivity index (χ1n) is 10.1. The quantitative estimate of drug-likeness (QED) is 0.785. The van der Waals surface area contributed by atoms with Crippen LogP contribution in [0.25, 0.3) is 0 Å². The van der Waals surface area contributed by atoms with Gasteiger partial charge >= 0.3 is 0 Å². The van der Waals surface area contributed by atoms with Gasteiger partial charge in [-0.25, -0.2) is 0 Å². The standard InChI is InChI=1S/C20H32N6O2/c1-6-26-9-7-8-16(19(26)17-11-21-25(5)13-17)12-24(4)15(3)20(27)22-18-10-14(2)23-28-18/h10-11,13,15-16,19H,6-9,12H2,1-5H3,(H,22,27)/t15-,16-,19+/m0/s1. The largest absolute Gasteiger partial charge is 0.338 e. The smallest absolute Gasteiger partial charge is 0.243 e. The predicted molar refractivity (Wildman–Crippen MR) is 108 cm³/mol. The molecule has 1 N–H and O–H groups in total. The number of carbonyl (C=O) groups excluding carboxylic acids is 1. The summed E-state index contributed by atoms with van der Waals surface area (Å²) in [5.41, 5.74) is 2.01. The van der Waals surface area contributed by atoms with Crippen LogP contribution in [0.15, 0.2) is 23.0 Å². The lowest BCUT2D eigenvalue weighted by Crippen LogP contribution is -2.47. The second-order valence-corrected chi connectivity index (χ2v) is 7.86. The molecule has 2 aromatic heterocycles. The molecule has 0 aromatic carbocycles. The van der Waals surface area contributed by atoms with Crippen molar-refractivity contribution >= 4 is 11.8 Å². The third kappa shape index (κ3) is 4.62. The van der Waals surface area contributed by atoms with Gasteiger partial charge in [0, 0.05) is 37.5 Å². The van der Waals surface area contributed by atoms with Gasteiger partial charge in [0.15, 0.2) is 0 Å².